The second-order valence-corrected chi connectivity index (χ2v) is 4.27. The van der Waals surface area contributed by atoms with Gasteiger partial charge in [0, 0.05) is 23.7 Å². The number of benzene rings is 1. The smallest absolute Gasteiger partial charge is 0.160 e. The summed E-state index contributed by atoms with van der Waals surface area (Å²) in [4.78, 5) is 5.89. The number of aliphatic imine (C=N–C) groups is 1. The van der Waals surface area contributed by atoms with E-state index >= 15 is 0 Å². The van der Waals surface area contributed by atoms with Gasteiger partial charge in [0.25, 0.3) is 0 Å². The molecule has 86 valence electrons. The van der Waals surface area contributed by atoms with Crippen LogP contribution in [0.2, 0.25) is 10.0 Å². The van der Waals surface area contributed by atoms with Crippen LogP contribution in [-0.2, 0) is 6.54 Å². The maximum atomic E-state index is 9.71. The molecule has 0 bridgehead atoms. The van der Waals surface area contributed by atoms with Crippen molar-refractivity contribution in [1.82, 2.24) is 4.90 Å². The Labute approximate surface area is 103 Å². The average Bonchev–Trinajstić information content (AvgIpc) is 2.27. The average molecular weight is 261 g/mol. The molecule has 1 aliphatic rings. The van der Waals surface area contributed by atoms with Crippen molar-refractivity contribution >= 4 is 35.2 Å². The molecule has 2 rings (SSSR count). The summed E-state index contributed by atoms with van der Waals surface area (Å²) < 4.78 is 0. The van der Waals surface area contributed by atoms with E-state index in [1.54, 1.807) is 6.34 Å². The molecule has 4 nitrogen and oxygen atoms in total. The molecular formula is C10H10Cl2N2O2. The zero-order valence-corrected chi connectivity index (χ0v) is 9.83. The molecule has 0 aromatic heterocycles. The molecule has 0 radical (unpaired) electrons. The highest BCUT2D eigenvalue weighted by molar-refractivity contribution is 6.36. The first-order valence-electron chi connectivity index (χ1n) is 4.72. The van der Waals surface area contributed by atoms with Crippen LogP contribution in [0.25, 0.3) is 0 Å². The molecule has 0 amide bonds. The number of hydrogen-bond acceptors (Lipinski definition) is 4. The number of halogens is 2. The lowest BCUT2D eigenvalue weighted by Crippen LogP contribution is -2.27. The Balaban J connectivity index is 2.42. The fourth-order valence-electron chi connectivity index (χ4n) is 1.57. The Morgan fingerprint density at radius 2 is 2.12 bits per heavy atom. The van der Waals surface area contributed by atoms with Crippen molar-refractivity contribution in [3.63, 3.8) is 0 Å². The number of phenols is 1. The van der Waals surface area contributed by atoms with Crippen LogP contribution in [0.15, 0.2) is 11.1 Å². The van der Waals surface area contributed by atoms with Crippen LogP contribution in [0.1, 0.15) is 5.56 Å². The van der Waals surface area contributed by atoms with E-state index in [1.165, 1.54) is 6.07 Å². The number of aliphatic hydroxyl groups excluding tert-OH is 1. The zero-order chi connectivity index (χ0) is 11.7. The molecule has 0 saturated heterocycles. The van der Waals surface area contributed by atoms with Gasteiger partial charge >= 0.3 is 0 Å². The standard InChI is InChI=1S/C10H10Cl2N2O2/c11-7-3-8(12)10(16)9-6(7)4-14(1-2-15)5-13-9/h3,5,15-16H,1-2,4H2. The highest BCUT2D eigenvalue weighted by Crippen LogP contribution is 2.42. The quantitative estimate of drug-likeness (QED) is 0.857. The van der Waals surface area contributed by atoms with Crippen LogP contribution in [0.4, 0.5) is 5.69 Å². The Hall–Kier alpha value is -0.970. The molecule has 0 fully saturated rings. The normalized spacial score (nSPS) is 14.1. The van der Waals surface area contributed by atoms with Crippen LogP contribution in [0.5, 0.6) is 5.75 Å². The van der Waals surface area contributed by atoms with E-state index in [9.17, 15) is 5.11 Å². The molecule has 0 unspecified atom stereocenters. The van der Waals surface area contributed by atoms with Crippen LogP contribution < -0.4 is 0 Å². The fraction of sp³-hybridized carbons (Fsp3) is 0.300. The summed E-state index contributed by atoms with van der Waals surface area (Å²) in [6.07, 6.45) is 1.56. The summed E-state index contributed by atoms with van der Waals surface area (Å²) in [5, 5.41) is 19.2. The molecule has 6 heteroatoms. The van der Waals surface area contributed by atoms with Crippen molar-refractivity contribution in [2.24, 2.45) is 4.99 Å². The highest BCUT2D eigenvalue weighted by atomic mass is 35.5. The van der Waals surface area contributed by atoms with Crippen molar-refractivity contribution in [2.45, 2.75) is 6.54 Å². The highest BCUT2D eigenvalue weighted by Gasteiger charge is 2.20. The van der Waals surface area contributed by atoms with E-state index in [-0.39, 0.29) is 17.4 Å². The number of aromatic hydroxyl groups is 1. The van der Waals surface area contributed by atoms with Crippen LogP contribution in [0, 0.1) is 0 Å². The van der Waals surface area contributed by atoms with Gasteiger partial charge in [-0.3, -0.25) is 0 Å². The molecule has 1 aromatic carbocycles. The van der Waals surface area contributed by atoms with Gasteiger partial charge in [-0.2, -0.15) is 0 Å². The van der Waals surface area contributed by atoms with Crippen molar-refractivity contribution in [1.29, 1.82) is 0 Å². The van der Waals surface area contributed by atoms with Crippen LogP contribution >= 0.6 is 23.2 Å². The molecule has 0 aliphatic carbocycles. The lowest BCUT2D eigenvalue weighted by Gasteiger charge is -2.24. The predicted octanol–water partition coefficient (Wildman–Crippen LogP) is 2.17. The van der Waals surface area contributed by atoms with Crippen LogP contribution in [-0.4, -0.2) is 34.6 Å². The van der Waals surface area contributed by atoms with Crippen LogP contribution in [0.3, 0.4) is 0 Å². The van der Waals surface area contributed by atoms with E-state index < -0.39 is 0 Å². The maximum absolute atomic E-state index is 9.71. The van der Waals surface area contributed by atoms with Gasteiger partial charge in [-0.25, -0.2) is 4.99 Å². The van der Waals surface area contributed by atoms with E-state index in [0.717, 1.165) is 5.56 Å². The third kappa shape index (κ3) is 1.96. The summed E-state index contributed by atoms with van der Waals surface area (Å²) in [5.41, 5.74) is 1.13. The minimum Gasteiger partial charge on any atom is -0.504 e. The molecule has 1 heterocycles. The second kappa shape index (κ2) is 4.49. The first kappa shape index (κ1) is 11.5. The molecule has 2 N–H and O–H groups in total. The number of β-amino-alcohol motifs (C(OH)–C–C–N with tert-alkyl or cyclic N) is 1. The number of fused-ring (bicyclic) bond motifs is 1. The molecule has 0 saturated carbocycles. The number of nitrogens with zero attached hydrogens (tertiary/aromatic N) is 2. The minimum atomic E-state index is -0.0547. The van der Waals surface area contributed by atoms with E-state index in [1.807, 2.05) is 4.90 Å². The molecular weight excluding hydrogens is 251 g/mol. The Bertz CT molecular complexity index is 449. The Morgan fingerprint density at radius 1 is 1.38 bits per heavy atom. The van der Waals surface area contributed by atoms with Crippen molar-refractivity contribution < 1.29 is 10.2 Å². The summed E-state index contributed by atoms with van der Waals surface area (Å²) in [6.45, 7) is 1.02. The largest absolute Gasteiger partial charge is 0.504 e. The Morgan fingerprint density at radius 3 is 2.81 bits per heavy atom. The molecule has 1 aliphatic heterocycles. The lowest BCUT2D eigenvalue weighted by molar-refractivity contribution is 0.248. The van der Waals surface area contributed by atoms with Gasteiger partial charge < -0.3 is 15.1 Å². The monoisotopic (exact) mass is 260 g/mol. The first-order valence-corrected chi connectivity index (χ1v) is 5.48. The summed E-state index contributed by atoms with van der Waals surface area (Å²) >= 11 is 11.8. The van der Waals surface area contributed by atoms with Crippen molar-refractivity contribution in [3.8, 4) is 5.75 Å². The minimum absolute atomic E-state index is 0.0402. The lowest BCUT2D eigenvalue weighted by atomic mass is 10.1. The van der Waals surface area contributed by atoms with Gasteiger partial charge in [0.05, 0.1) is 18.0 Å². The van der Waals surface area contributed by atoms with E-state index in [4.69, 9.17) is 28.3 Å². The SMILES string of the molecule is OCCN1C=Nc2c(O)c(Cl)cc(Cl)c2C1. The summed E-state index contributed by atoms with van der Waals surface area (Å²) in [7, 11) is 0. The topological polar surface area (TPSA) is 56.1 Å². The molecule has 1 aromatic rings. The number of hydrogen-bond donors (Lipinski definition) is 2. The molecule has 0 atom stereocenters. The molecule has 16 heavy (non-hydrogen) atoms. The summed E-state index contributed by atoms with van der Waals surface area (Å²) in [5.74, 6) is -0.0547. The van der Waals surface area contributed by atoms with Gasteiger partial charge in [0.1, 0.15) is 5.69 Å². The van der Waals surface area contributed by atoms with Crippen molar-refractivity contribution in [2.75, 3.05) is 13.2 Å². The van der Waals surface area contributed by atoms with Gasteiger partial charge in [0.2, 0.25) is 0 Å². The van der Waals surface area contributed by atoms with Gasteiger partial charge in [0.15, 0.2) is 5.75 Å². The summed E-state index contributed by atoms with van der Waals surface area (Å²) in [6, 6.07) is 1.50. The fourth-order valence-corrected chi connectivity index (χ4v) is 2.09. The second-order valence-electron chi connectivity index (χ2n) is 3.45. The first-order chi connectivity index (χ1) is 7.63. The number of aliphatic hydroxyl groups is 1. The van der Waals surface area contributed by atoms with E-state index in [2.05, 4.69) is 4.99 Å². The maximum Gasteiger partial charge on any atom is 0.160 e. The third-order valence-corrected chi connectivity index (χ3v) is 3.00. The van der Waals surface area contributed by atoms with Gasteiger partial charge in [-0.1, -0.05) is 23.2 Å². The number of phenolic OH excluding ortho intramolecular Hbond substituents is 1. The Kier molecular flexibility index (Phi) is 3.23. The van der Waals surface area contributed by atoms with E-state index in [0.29, 0.717) is 23.8 Å². The number of rotatable bonds is 2. The van der Waals surface area contributed by atoms with Gasteiger partial charge in [-0.15, -0.1) is 0 Å². The zero-order valence-electron chi connectivity index (χ0n) is 8.32. The predicted molar refractivity (Wildman–Crippen MR) is 63.8 cm³/mol. The van der Waals surface area contributed by atoms with Crippen molar-refractivity contribution in [3.05, 3.63) is 21.7 Å². The van der Waals surface area contributed by atoms with Gasteiger partial charge in [-0.05, 0) is 6.07 Å². The molecule has 0 spiro atoms. The third-order valence-electron chi connectivity index (χ3n) is 2.38.